The van der Waals surface area contributed by atoms with Crippen LogP contribution in [0.3, 0.4) is 0 Å². The molecular weight excluding hydrogens is 372 g/mol. The Hall–Kier alpha value is -2.06. The summed E-state index contributed by atoms with van der Waals surface area (Å²) in [4.78, 5) is 0. The van der Waals surface area contributed by atoms with E-state index in [0.717, 1.165) is 11.1 Å². The molecule has 2 aliphatic heterocycles. The van der Waals surface area contributed by atoms with Gasteiger partial charge < -0.3 is 28.8 Å². The molecule has 2 aromatic carbocycles. The van der Waals surface area contributed by atoms with Gasteiger partial charge >= 0.3 is 0 Å². The van der Waals surface area contributed by atoms with Crippen LogP contribution in [-0.2, 0) is 30.3 Å². The van der Waals surface area contributed by atoms with E-state index in [-0.39, 0.29) is 0 Å². The van der Waals surface area contributed by atoms with Gasteiger partial charge in [0.1, 0.15) is 30.5 Å². The van der Waals surface area contributed by atoms with Crippen molar-refractivity contribution in [2.45, 2.75) is 49.7 Å². The number of hydrogen-bond donors (Lipinski definition) is 1. The molecule has 2 aliphatic rings. The first kappa shape index (κ1) is 20.2. The molecule has 0 spiro atoms. The van der Waals surface area contributed by atoms with Crippen LogP contribution in [0.15, 0.2) is 73.3 Å². The molecule has 6 nitrogen and oxygen atoms in total. The fraction of sp³-hybridized carbons (Fsp3) is 0.391. The summed E-state index contributed by atoms with van der Waals surface area (Å²) in [5.41, 5.74) is 1.86. The average molecular weight is 398 g/mol. The lowest BCUT2D eigenvalue weighted by molar-refractivity contribution is -0.375. The second-order valence-electron chi connectivity index (χ2n) is 7.14. The van der Waals surface area contributed by atoms with Gasteiger partial charge in [0.2, 0.25) is 0 Å². The Labute approximate surface area is 170 Å². The Morgan fingerprint density at radius 1 is 0.966 bits per heavy atom. The number of fused-ring (bicyclic) bond motifs is 1. The van der Waals surface area contributed by atoms with Crippen LogP contribution in [0, 0.1) is 0 Å². The summed E-state index contributed by atoms with van der Waals surface area (Å²) in [5.74, 6) is 0. The van der Waals surface area contributed by atoms with Crippen molar-refractivity contribution in [2.75, 3.05) is 7.11 Å². The van der Waals surface area contributed by atoms with Crippen molar-refractivity contribution >= 4 is 0 Å². The molecule has 0 bridgehead atoms. The van der Waals surface area contributed by atoms with Crippen molar-refractivity contribution in [2.24, 2.45) is 0 Å². The van der Waals surface area contributed by atoms with Gasteiger partial charge in [-0.1, -0.05) is 66.7 Å². The fourth-order valence-corrected chi connectivity index (χ4v) is 3.76. The molecule has 2 heterocycles. The summed E-state index contributed by atoms with van der Waals surface area (Å²) < 4.78 is 29.7. The van der Waals surface area contributed by atoms with E-state index in [0.29, 0.717) is 6.61 Å². The zero-order chi connectivity index (χ0) is 20.2. The largest absolute Gasteiger partial charge is 0.387 e. The van der Waals surface area contributed by atoms with Crippen LogP contribution in [0.4, 0.5) is 0 Å². The van der Waals surface area contributed by atoms with Gasteiger partial charge in [-0.3, -0.25) is 0 Å². The molecule has 0 radical (unpaired) electrons. The molecule has 0 saturated carbocycles. The molecule has 29 heavy (non-hydrogen) atoms. The molecule has 2 aromatic rings. The number of rotatable bonds is 6. The highest BCUT2D eigenvalue weighted by molar-refractivity contribution is 5.18. The topological polar surface area (TPSA) is 66.4 Å². The third-order valence-corrected chi connectivity index (χ3v) is 5.26. The van der Waals surface area contributed by atoms with Gasteiger partial charge in [0.25, 0.3) is 0 Å². The minimum atomic E-state index is -0.958. The third kappa shape index (κ3) is 4.28. The van der Waals surface area contributed by atoms with Crippen LogP contribution in [0.5, 0.6) is 0 Å². The van der Waals surface area contributed by atoms with Crippen molar-refractivity contribution in [1.82, 2.24) is 0 Å². The Bertz CT molecular complexity index is 782. The van der Waals surface area contributed by atoms with Gasteiger partial charge in [-0.05, 0) is 5.56 Å². The highest BCUT2D eigenvalue weighted by Crippen LogP contribution is 2.38. The highest BCUT2D eigenvalue weighted by Gasteiger charge is 2.53. The van der Waals surface area contributed by atoms with E-state index in [9.17, 15) is 5.11 Å². The molecule has 4 rings (SSSR count). The van der Waals surface area contributed by atoms with Gasteiger partial charge in [-0.15, -0.1) is 6.58 Å². The lowest BCUT2D eigenvalue weighted by atomic mass is 9.93. The zero-order valence-electron chi connectivity index (χ0n) is 16.3. The van der Waals surface area contributed by atoms with Crippen molar-refractivity contribution in [1.29, 1.82) is 0 Å². The van der Waals surface area contributed by atoms with Gasteiger partial charge in [0.15, 0.2) is 12.6 Å². The molecular formula is C23H26O6. The lowest BCUT2D eigenvalue weighted by Crippen LogP contribution is -2.64. The van der Waals surface area contributed by atoms with E-state index in [2.05, 4.69) is 6.58 Å². The predicted molar refractivity (Wildman–Crippen MR) is 106 cm³/mol. The predicted octanol–water partition coefficient (Wildman–Crippen LogP) is 2.97. The summed E-state index contributed by atoms with van der Waals surface area (Å²) in [6, 6.07) is 19.3. The summed E-state index contributed by atoms with van der Waals surface area (Å²) in [6.45, 7) is 4.19. The number of benzene rings is 2. The van der Waals surface area contributed by atoms with Gasteiger partial charge in [0, 0.05) is 12.7 Å². The molecule has 0 aliphatic carbocycles. The molecule has 2 saturated heterocycles. The lowest BCUT2D eigenvalue weighted by Gasteiger charge is -2.49. The van der Waals surface area contributed by atoms with Crippen molar-refractivity contribution in [3.8, 4) is 0 Å². The van der Waals surface area contributed by atoms with E-state index in [1.807, 2.05) is 60.7 Å². The third-order valence-electron chi connectivity index (χ3n) is 5.26. The second-order valence-corrected chi connectivity index (χ2v) is 7.14. The van der Waals surface area contributed by atoms with Crippen molar-refractivity contribution in [3.63, 3.8) is 0 Å². The zero-order valence-corrected chi connectivity index (χ0v) is 16.3. The molecule has 1 N–H and O–H groups in total. The first-order valence-electron chi connectivity index (χ1n) is 9.71. The van der Waals surface area contributed by atoms with Gasteiger partial charge in [-0.25, -0.2) is 0 Å². The highest BCUT2D eigenvalue weighted by atomic mass is 16.8. The van der Waals surface area contributed by atoms with Crippen molar-refractivity contribution < 1.29 is 28.8 Å². The number of aliphatic hydroxyl groups is 1. The molecule has 2 fully saturated rings. The van der Waals surface area contributed by atoms with Gasteiger partial charge in [-0.2, -0.15) is 0 Å². The Morgan fingerprint density at radius 3 is 2.31 bits per heavy atom. The van der Waals surface area contributed by atoms with Crippen LogP contribution in [0.2, 0.25) is 0 Å². The quantitative estimate of drug-likeness (QED) is 0.755. The molecule has 6 heteroatoms. The maximum atomic E-state index is 11.1. The monoisotopic (exact) mass is 398 g/mol. The Balaban J connectivity index is 1.53. The summed E-state index contributed by atoms with van der Waals surface area (Å²) in [6.07, 6.45) is -3.04. The summed E-state index contributed by atoms with van der Waals surface area (Å²) >= 11 is 0. The number of methoxy groups -OCH3 is 1. The molecule has 7 atom stereocenters. The fourth-order valence-electron chi connectivity index (χ4n) is 3.76. The van der Waals surface area contributed by atoms with Crippen LogP contribution >= 0.6 is 0 Å². The SMILES string of the molecule is C=C[C@@H]1OC(c2ccccc2)O[C@H]2[C@H](O)[C@H](OCc3ccccc3)[C@@H](OC)O[C@@H]21. The van der Waals surface area contributed by atoms with E-state index < -0.39 is 43.1 Å². The normalized spacial score (nSPS) is 34.3. The number of aliphatic hydroxyl groups excluding tert-OH is 1. The second kappa shape index (κ2) is 9.17. The standard InChI is InChI=1S/C23H26O6/c1-3-17-19-20(29-22(27-17)16-12-8-5-9-13-16)18(24)21(23(25-2)28-19)26-14-15-10-6-4-7-11-15/h3-13,17-24H,1,14H2,2H3/t17-,18-,19+,20-,21-,22?,23-/m0/s1. The number of ether oxygens (including phenoxy) is 5. The van der Waals surface area contributed by atoms with Gasteiger partial charge in [0.05, 0.1) is 6.61 Å². The Kier molecular flexibility index (Phi) is 6.40. The average Bonchev–Trinajstić information content (AvgIpc) is 2.79. The maximum absolute atomic E-state index is 11.1. The molecule has 0 aromatic heterocycles. The first-order chi connectivity index (χ1) is 14.2. The number of hydrogen-bond acceptors (Lipinski definition) is 6. The van der Waals surface area contributed by atoms with E-state index in [1.54, 1.807) is 6.08 Å². The smallest absolute Gasteiger partial charge is 0.186 e. The van der Waals surface area contributed by atoms with Crippen LogP contribution in [-0.4, -0.2) is 49.0 Å². The van der Waals surface area contributed by atoms with E-state index >= 15 is 0 Å². The molecule has 0 amide bonds. The maximum Gasteiger partial charge on any atom is 0.186 e. The first-order valence-corrected chi connectivity index (χ1v) is 9.71. The van der Waals surface area contributed by atoms with E-state index in [1.165, 1.54) is 7.11 Å². The van der Waals surface area contributed by atoms with Crippen LogP contribution < -0.4 is 0 Å². The minimum absolute atomic E-state index is 0.326. The summed E-state index contributed by atoms with van der Waals surface area (Å²) in [7, 11) is 1.52. The van der Waals surface area contributed by atoms with Crippen LogP contribution in [0.25, 0.3) is 0 Å². The Morgan fingerprint density at radius 2 is 1.66 bits per heavy atom. The van der Waals surface area contributed by atoms with E-state index in [4.69, 9.17) is 23.7 Å². The minimum Gasteiger partial charge on any atom is -0.387 e. The summed E-state index contributed by atoms with van der Waals surface area (Å²) in [5, 5.41) is 11.1. The van der Waals surface area contributed by atoms with Crippen molar-refractivity contribution in [3.05, 3.63) is 84.4 Å². The molecule has 1 unspecified atom stereocenters. The molecule has 154 valence electrons. The van der Waals surface area contributed by atoms with Crippen LogP contribution in [0.1, 0.15) is 17.4 Å².